The summed E-state index contributed by atoms with van der Waals surface area (Å²) in [7, 11) is 0. The third-order valence-electron chi connectivity index (χ3n) is 6.55. The molecule has 6 nitrogen and oxygen atoms in total. The molecule has 8 rings (SSSR count). The Morgan fingerprint density at radius 2 is 1.47 bits per heavy atom. The standard InChI is InChI=1S/C30H15BN2O4.Pt/c1-2-7-25-22(6-1)33-30(37-25)18-11-13-23-20(16-18)31-21-17-19(34-28-10-3-4-15-32-28)12-14-24(21)36-27-9-5-8-26(35-23)29(27)31;/h1-15H;/q-2;+2. The number of para-hydroxylation sites is 2. The molecule has 0 radical (unpaired) electrons. The van der Waals surface area contributed by atoms with Crippen molar-refractivity contribution in [3.63, 3.8) is 0 Å². The minimum atomic E-state index is -0.227. The van der Waals surface area contributed by atoms with Crippen LogP contribution in [0.25, 0.3) is 22.6 Å². The molecule has 38 heavy (non-hydrogen) atoms. The Morgan fingerprint density at radius 1 is 0.711 bits per heavy atom. The Labute approximate surface area is 232 Å². The second-order valence-electron chi connectivity index (χ2n) is 8.81. The Bertz CT molecular complexity index is 1790. The second-order valence-corrected chi connectivity index (χ2v) is 8.81. The van der Waals surface area contributed by atoms with E-state index in [1.807, 2.05) is 78.9 Å². The molecule has 0 spiro atoms. The van der Waals surface area contributed by atoms with E-state index in [0.717, 1.165) is 44.6 Å². The van der Waals surface area contributed by atoms with Crippen LogP contribution in [-0.4, -0.2) is 16.7 Å². The van der Waals surface area contributed by atoms with E-state index >= 15 is 0 Å². The summed E-state index contributed by atoms with van der Waals surface area (Å²) < 4.78 is 24.6. The largest absolute Gasteiger partial charge is 2.00 e. The van der Waals surface area contributed by atoms with Gasteiger partial charge in [0.25, 0.3) is 0 Å². The molecule has 0 saturated heterocycles. The smallest absolute Gasteiger partial charge is 0.518 e. The molecule has 0 bridgehead atoms. The average Bonchev–Trinajstić information content (AvgIpc) is 3.38. The molecule has 0 saturated carbocycles. The molecule has 0 unspecified atom stereocenters. The maximum absolute atomic E-state index is 6.30. The molecular weight excluding hydrogens is 658 g/mol. The van der Waals surface area contributed by atoms with Crippen molar-refractivity contribution in [2.45, 2.75) is 0 Å². The van der Waals surface area contributed by atoms with Crippen LogP contribution in [0.15, 0.2) is 95.5 Å². The van der Waals surface area contributed by atoms with Gasteiger partial charge in [-0.3, -0.25) is 4.98 Å². The molecule has 0 N–H and O–H groups in total. The third-order valence-corrected chi connectivity index (χ3v) is 6.55. The van der Waals surface area contributed by atoms with Crippen molar-refractivity contribution in [2.24, 2.45) is 0 Å². The molecular formula is C30H15BN2O4Pt. The molecule has 0 atom stereocenters. The minimum absolute atomic E-state index is 0. The van der Waals surface area contributed by atoms with Crippen LogP contribution >= 0.6 is 0 Å². The first-order valence-electron chi connectivity index (χ1n) is 11.9. The van der Waals surface area contributed by atoms with Crippen LogP contribution in [0.2, 0.25) is 0 Å². The number of oxazole rings is 1. The third kappa shape index (κ3) is 3.62. The molecule has 0 fully saturated rings. The number of aromatic nitrogens is 2. The van der Waals surface area contributed by atoms with E-state index in [9.17, 15) is 0 Å². The first-order valence-corrected chi connectivity index (χ1v) is 11.9. The van der Waals surface area contributed by atoms with E-state index in [4.69, 9.17) is 18.6 Å². The maximum atomic E-state index is 6.30. The van der Waals surface area contributed by atoms with Crippen molar-refractivity contribution < 1.29 is 39.7 Å². The number of fused-ring (bicyclic) bond motifs is 5. The van der Waals surface area contributed by atoms with Gasteiger partial charge in [-0.05, 0) is 30.3 Å². The van der Waals surface area contributed by atoms with Gasteiger partial charge in [-0.15, -0.1) is 47.3 Å². The van der Waals surface area contributed by atoms with Crippen molar-refractivity contribution in [2.75, 3.05) is 0 Å². The summed E-state index contributed by atoms with van der Waals surface area (Å²) in [6.07, 6.45) is 1.69. The first-order chi connectivity index (χ1) is 18.3. The molecule has 4 aromatic carbocycles. The summed E-state index contributed by atoms with van der Waals surface area (Å²) in [5.74, 6) is 4.45. The predicted octanol–water partition coefficient (Wildman–Crippen LogP) is 5.01. The molecule has 0 aliphatic carbocycles. The SMILES string of the molecule is [Pt+2].[c-]1c(Oc2ccccn2)ccc2c1B1c3[c-]c(-c4nc5ccccc5o4)ccc3Oc3cccc(c31)O2. The topological polar surface area (TPSA) is 66.6 Å². The number of benzene rings is 4. The van der Waals surface area contributed by atoms with E-state index < -0.39 is 0 Å². The van der Waals surface area contributed by atoms with Crippen molar-refractivity contribution in [3.05, 3.63) is 103 Å². The molecule has 0 amide bonds. The summed E-state index contributed by atoms with van der Waals surface area (Å²) in [5, 5.41) is 0. The van der Waals surface area contributed by atoms with Gasteiger partial charge in [-0.25, -0.2) is 4.98 Å². The maximum Gasteiger partial charge on any atom is 2.00 e. The number of ether oxygens (including phenoxy) is 3. The average molecular weight is 673 g/mol. The van der Waals surface area contributed by atoms with Crippen LogP contribution in [-0.2, 0) is 21.1 Å². The molecule has 4 heterocycles. The van der Waals surface area contributed by atoms with E-state index in [-0.39, 0.29) is 27.8 Å². The van der Waals surface area contributed by atoms with Crippen molar-refractivity contribution in [1.82, 2.24) is 9.97 Å². The zero-order valence-electron chi connectivity index (χ0n) is 19.6. The van der Waals surface area contributed by atoms with Crippen LogP contribution < -0.4 is 30.6 Å². The number of rotatable bonds is 3. The van der Waals surface area contributed by atoms with Gasteiger partial charge < -0.3 is 18.6 Å². The van der Waals surface area contributed by atoms with Crippen molar-refractivity contribution in [1.29, 1.82) is 0 Å². The van der Waals surface area contributed by atoms with Crippen molar-refractivity contribution in [3.8, 4) is 46.1 Å². The normalized spacial score (nSPS) is 12.4. The van der Waals surface area contributed by atoms with Gasteiger partial charge in [0.2, 0.25) is 12.6 Å². The summed E-state index contributed by atoms with van der Waals surface area (Å²) in [6.45, 7) is -0.227. The fourth-order valence-corrected chi connectivity index (χ4v) is 4.93. The van der Waals surface area contributed by atoms with E-state index in [0.29, 0.717) is 29.0 Å². The predicted molar refractivity (Wildman–Crippen MR) is 139 cm³/mol. The Morgan fingerprint density at radius 3 is 2.26 bits per heavy atom. The molecule has 182 valence electrons. The van der Waals surface area contributed by atoms with Crippen LogP contribution in [0.4, 0.5) is 0 Å². The fourth-order valence-electron chi connectivity index (χ4n) is 4.93. The Kier molecular flexibility index (Phi) is 5.34. The van der Waals surface area contributed by atoms with Gasteiger partial charge in [-0.1, -0.05) is 29.8 Å². The molecule has 6 aromatic rings. The van der Waals surface area contributed by atoms with E-state index in [1.165, 1.54) is 0 Å². The van der Waals surface area contributed by atoms with Crippen LogP contribution in [0.3, 0.4) is 0 Å². The van der Waals surface area contributed by atoms with E-state index in [2.05, 4.69) is 22.1 Å². The summed E-state index contributed by atoms with van der Waals surface area (Å²) in [5.41, 5.74) is 4.90. The quantitative estimate of drug-likeness (QED) is 0.194. The van der Waals surface area contributed by atoms with Gasteiger partial charge in [-0.2, -0.15) is 0 Å². The zero-order valence-corrected chi connectivity index (χ0v) is 21.9. The van der Waals surface area contributed by atoms with Crippen molar-refractivity contribution >= 4 is 34.2 Å². The summed E-state index contributed by atoms with van der Waals surface area (Å²) in [6, 6.07) is 33.6. The Hall–Kier alpha value is -4.35. The number of hydrogen-bond acceptors (Lipinski definition) is 6. The summed E-state index contributed by atoms with van der Waals surface area (Å²) >= 11 is 0. The minimum Gasteiger partial charge on any atom is -0.518 e. The van der Waals surface area contributed by atoms with Gasteiger partial charge in [0.05, 0.1) is 5.52 Å². The van der Waals surface area contributed by atoms with E-state index in [1.54, 1.807) is 12.3 Å². The molecule has 2 aromatic heterocycles. The zero-order chi connectivity index (χ0) is 24.3. The number of pyridine rings is 1. The van der Waals surface area contributed by atoms with Gasteiger partial charge in [0.1, 0.15) is 23.0 Å². The Balaban J connectivity index is 0.00000242. The van der Waals surface area contributed by atoms with Gasteiger partial charge in [0, 0.05) is 35.0 Å². The number of nitrogens with zero attached hydrogens (tertiary/aromatic N) is 2. The molecule has 2 aliphatic heterocycles. The fraction of sp³-hybridized carbons (Fsp3) is 0. The monoisotopic (exact) mass is 673 g/mol. The summed E-state index contributed by atoms with van der Waals surface area (Å²) in [4.78, 5) is 8.93. The van der Waals surface area contributed by atoms with Crippen LogP contribution in [0, 0.1) is 12.1 Å². The number of hydrogen-bond donors (Lipinski definition) is 0. The van der Waals surface area contributed by atoms with Gasteiger partial charge in [0.15, 0.2) is 0 Å². The van der Waals surface area contributed by atoms with Crippen LogP contribution in [0.5, 0.6) is 34.6 Å². The molecule has 8 heteroatoms. The van der Waals surface area contributed by atoms with Crippen LogP contribution in [0.1, 0.15) is 0 Å². The molecule has 2 aliphatic rings. The van der Waals surface area contributed by atoms with Gasteiger partial charge >= 0.3 is 21.1 Å². The first kappa shape index (κ1) is 22.8. The second kappa shape index (κ2) is 8.89.